The summed E-state index contributed by atoms with van der Waals surface area (Å²) in [5.74, 6) is 1.04. The summed E-state index contributed by atoms with van der Waals surface area (Å²) in [6, 6.07) is 4.20. The standard InChI is InChI=1S/C14H26N4/c1-5-8-18(10-9-17(3)4)14-7-6-13(11-16-14)12(2)15/h6-7,11-12H,5,8-10,15H2,1-4H3/t12-/m0/s1. The highest BCUT2D eigenvalue weighted by Gasteiger charge is 2.08. The minimum atomic E-state index is 0.0490. The number of likely N-dealkylation sites (N-methyl/N-ethyl adjacent to an activating group) is 1. The Hall–Kier alpha value is -1.13. The molecule has 0 aromatic carbocycles. The van der Waals surface area contributed by atoms with Gasteiger partial charge < -0.3 is 15.5 Å². The number of hydrogen-bond acceptors (Lipinski definition) is 4. The number of nitrogens with two attached hydrogens (primary N) is 1. The van der Waals surface area contributed by atoms with E-state index in [0.29, 0.717) is 0 Å². The first-order valence-corrected chi connectivity index (χ1v) is 6.65. The van der Waals surface area contributed by atoms with E-state index in [1.165, 1.54) is 0 Å². The molecule has 4 heteroatoms. The SMILES string of the molecule is CCCN(CCN(C)C)c1ccc([C@H](C)N)cn1. The van der Waals surface area contributed by atoms with Crippen molar-refractivity contribution in [2.24, 2.45) is 5.73 Å². The average Bonchev–Trinajstić information content (AvgIpc) is 2.34. The molecule has 1 atom stereocenters. The minimum Gasteiger partial charge on any atom is -0.355 e. The molecule has 18 heavy (non-hydrogen) atoms. The van der Waals surface area contributed by atoms with Crippen LogP contribution in [-0.4, -0.2) is 43.6 Å². The fourth-order valence-electron chi connectivity index (χ4n) is 1.79. The van der Waals surface area contributed by atoms with Crippen molar-refractivity contribution in [3.05, 3.63) is 23.9 Å². The highest BCUT2D eigenvalue weighted by atomic mass is 15.2. The van der Waals surface area contributed by atoms with Crippen LogP contribution in [0, 0.1) is 0 Å². The zero-order valence-corrected chi connectivity index (χ0v) is 12.1. The molecule has 0 spiro atoms. The maximum absolute atomic E-state index is 5.84. The van der Waals surface area contributed by atoms with E-state index >= 15 is 0 Å². The summed E-state index contributed by atoms with van der Waals surface area (Å²) >= 11 is 0. The van der Waals surface area contributed by atoms with E-state index in [4.69, 9.17) is 5.73 Å². The molecule has 0 unspecified atom stereocenters. The van der Waals surface area contributed by atoms with Crippen LogP contribution in [0.15, 0.2) is 18.3 Å². The summed E-state index contributed by atoms with van der Waals surface area (Å²) in [5, 5.41) is 0. The van der Waals surface area contributed by atoms with Crippen LogP contribution in [0.1, 0.15) is 31.9 Å². The highest BCUT2D eigenvalue weighted by Crippen LogP contribution is 2.14. The molecule has 1 heterocycles. The van der Waals surface area contributed by atoms with Gasteiger partial charge in [-0.05, 0) is 39.1 Å². The van der Waals surface area contributed by atoms with Gasteiger partial charge >= 0.3 is 0 Å². The molecular weight excluding hydrogens is 224 g/mol. The molecule has 0 aliphatic heterocycles. The van der Waals surface area contributed by atoms with Gasteiger partial charge in [0.2, 0.25) is 0 Å². The highest BCUT2D eigenvalue weighted by molar-refractivity contribution is 5.39. The molecule has 0 saturated carbocycles. The molecule has 1 rings (SSSR count). The van der Waals surface area contributed by atoms with Crippen LogP contribution >= 0.6 is 0 Å². The Labute approximate surface area is 111 Å². The molecule has 0 saturated heterocycles. The van der Waals surface area contributed by atoms with E-state index in [0.717, 1.165) is 37.4 Å². The normalized spacial score (nSPS) is 12.8. The summed E-state index contributed by atoms with van der Waals surface area (Å²) in [5.41, 5.74) is 6.92. The van der Waals surface area contributed by atoms with Crippen molar-refractivity contribution in [3.63, 3.8) is 0 Å². The third-order valence-corrected chi connectivity index (χ3v) is 2.93. The molecule has 2 N–H and O–H groups in total. The van der Waals surface area contributed by atoms with E-state index in [1.807, 2.05) is 13.1 Å². The second-order valence-electron chi connectivity index (χ2n) is 5.03. The Morgan fingerprint density at radius 1 is 1.22 bits per heavy atom. The Morgan fingerprint density at radius 3 is 2.39 bits per heavy atom. The molecular formula is C14H26N4. The van der Waals surface area contributed by atoms with Crippen LogP contribution in [-0.2, 0) is 0 Å². The second kappa shape index (κ2) is 7.34. The van der Waals surface area contributed by atoms with Gasteiger partial charge in [0.1, 0.15) is 5.82 Å². The third-order valence-electron chi connectivity index (χ3n) is 2.93. The molecule has 0 amide bonds. The first kappa shape index (κ1) is 14.9. The molecule has 0 aliphatic rings. The van der Waals surface area contributed by atoms with Gasteiger partial charge in [0.05, 0.1) is 0 Å². The lowest BCUT2D eigenvalue weighted by molar-refractivity contribution is 0.412. The van der Waals surface area contributed by atoms with Crippen LogP contribution in [0.25, 0.3) is 0 Å². The Bertz CT molecular complexity index is 332. The third kappa shape index (κ3) is 4.63. The quantitative estimate of drug-likeness (QED) is 0.802. The van der Waals surface area contributed by atoms with Crippen molar-refractivity contribution in [2.45, 2.75) is 26.3 Å². The largest absolute Gasteiger partial charge is 0.355 e. The molecule has 1 aromatic rings. The van der Waals surface area contributed by atoms with Crippen molar-refractivity contribution in [1.82, 2.24) is 9.88 Å². The monoisotopic (exact) mass is 250 g/mol. The van der Waals surface area contributed by atoms with Crippen LogP contribution in [0.4, 0.5) is 5.82 Å². The Kier molecular flexibility index (Phi) is 6.09. The van der Waals surface area contributed by atoms with Gasteiger partial charge in [0.15, 0.2) is 0 Å². The van der Waals surface area contributed by atoms with Gasteiger partial charge in [-0.2, -0.15) is 0 Å². The summed E-state index contributed by atoms with van der Waals surface area (Å²) in [6.07, 6.45) is 3.02. The van der Waals surface area contributed by atoms with E-state index in [2.05, 4.69) is 47.9 Å². The van der Waals surface area contributed by atoms with Crippen molar-refractivity contribution in [2.75, 3.05) is 38.6 Å². The number of aromatic nitrogens is 1. The number of rotatable bonds is 7. The van der Waals surface area contributed by atoms with E-state index in [1.54, 1.807) is 0 Å². The number of nitrogens with zero attached hydrogens (tertiary/aromatic N) is 3. The van der Waals surface area contributed by atoms with Crippen LogP contribution in [0.3, 0.4) is 0 Å². The number of anilines is 1. The lowest BCUT2D eigenvalue weighted by Gasteiger charge is -2.25. The smallest absolute Gasteiger partial charge is 0.128 e. The second-order valence-corrected chi connectivity index (χ2v) is 5.03. The molecule has 0 bridgehead atoms. The lowest BCUT2D eigenvalue weighted by Crippen LogP contribution is -2.32. The molecule has 0 fully saturated rings. The van der Waals surface area contributed by atoms with Gasteiger partial charge in [-0.1, -0.05) is 13.0 Å². The summed E-state index contributed by atoms with van der Waals surface area (Å²) in [7, 11) is 4.19. The number of pyridine rings is 1. The van der Waals surface area contributed by atoms with Gasteiger partial charge in [-0.3, -0.25) is 0 Å². The van der Waals surface area contributed by atoms with Crippen LogP contribution in [0.5, 0.6) is 0 Å². The van der Waals surface area contributed by atoms with Crippen LogP contribution in [0.2, 0.25) is 0 Å². The van der Waals surface area contributed by atoms with Crippen molar-refractivity contribution in [3.8, 4) is 0 Å². The van der Waals surface area contributed by atoms with Gasteiger partial charge in [-0.15, -0.1) is 0 Å². The average molecular weight is 250 g/mol. The fourth-order valence-corrected chi connectivity index (χ4v) is 1.79. The Balaban J connectivity index is 2.72. The lowest BCUT2D eigenvalue weighted by atomic mass is 10.1. The van der Waals surface area contributed by atoms with Crippen molar-refractivity contribution >= 4 is 5.82 Å². The summed E-state index contributed by atoms with van der Waals surface area (Å²) in [6.45, 7) is 7.26. The van der Waals surface area contributed by atoms with Crippen LogP contribution < -0.4 is 10.6 Å². The summed E-state index contributed by atoms with van der Waals surface area (Å²) in [4.78, 5) is 9.04. The molecule has 102 valence electrons. The molecule has 0 aliphatic carbocycles. The maximum Gasteiger partial charge on any atom is 0.128 e. The zero-order chi connectivity index (χ0) is 13.5. The first-order valence-electron chi connectivity index (χ1n) is 6.65. The fraction of sp³-hybridized carbons (Fsp3) is 0.643. The number of hydrogen-bond donors (Lipinski definition) is 1. The maximum atomic E-state index is 5.84. The van der Waals surface area contributed by atoms with Gasteiger partial charge in [0, 0.05) is 31.9 Å². The van der Waals surface area contributed by atoms with Crippen molar-refractivity contribution < 1.29 is 0 Å². The summed E-state index contributed by atoms with van der Waals surface area (Å²) < 4.78 is 0. The minimum absolute atomic E-state index is 0.0490. The topological polar surface area (TPSA) is 45.4 Å². The predicted molar refractivity (Wildman–Crippen MR) is 77.9 cm³/mol. The molecule has 0 radical (unpaired) electrons. The van der Waals surface area contributed by atoms with Gasteiger partial charge in [0.25, 0.3) is 0 Å². The zero-order valence-electron chi connectivity index (χ0n) is 12.1. The van der Waals surface area contributed by atoms with E-state index in [-0.39, 0.29) is 6.04 Å². The van der Waals surface area contributed by atoms with E-state index in [9.17, 15) is 0 Å². The van der Waals surface area contributed by atoms with Gasteiger partial charge in [-0.25, -0.2) is 4.98 Å². The molecule has 4 nitrogen and oxygen atoms in total. The Morgan fingerprint density at radius 2 is 1.94 bits per heavy atom. The first-order chi connectivity index (χ1) is 8.54. The van der Waals surface area contributed by atoms with Crippen molar-refractivity contribution in [1.29, 1.82) is 0 Å². The molecule has 1 aromatic heterocycles. The van der Waals surface area contributed by atoms with E-state index < -0.39 is 0 Å². The predicted octanol–water partition coefficient (Wildman–Crippen LogP) is 1.88.